The van der Waals surface area contributed by atoms with E-state index in [1.54, 1.807) is 60.7 Å². The summed E-state index contributed by atoms with van der Waals surface area (Å²) in [5.74, 6) is -4.48. The van der Waals surface area contributed by atoms with E-state index in [1.807, 2.05) is 78.2 Å². The van der Waals surface area contributed by atoms with E-state index in [0.717, 1.165) is 16.0 Å². The lowest BCUT2D eigenvalue weighted by Gasteiger charge is -2.27. The van der Waals surface area contributed by atoms with Crippen molar-refractivity contribution in [1.82, 2.24) is 26.6 Å². The number of nitrogens with one attached hydrogen (secondary N) is 5. The molecule has 66 heavy (non-hydrogen) atoms. The van der Waals surface area contributed by atoms with E-state index in [9.17, 15) is 39.0 Å². The average molecular weight is 908 g/mol. The third kappa shape index (κ3) is 13.1. The predicted molar refractivity (Wildman–Crippen MR) is 248 cm³/mol. The molecule has 0 spiro atoms. The minimum absolute atomic E-state index is 0.00567. The highest BCUT2D eigenvalue weighted by Gasteiger charge is 2.33. The first-order valence-electron chi connectivity index (χ1n) is 21.4. The molecule has 0 aliphatic carbocycles. The number of amides is 5. The van der Waals surface area contributed by atoms with Gasteiger partial charge in [-0.2, -0.15) is 0 Å². The zero-order valence-electron chi connectivity index (χ0n) is 35.7. The van der Waals surface area contributed by atoms with E-state index in [1.165, 1.54) is 23.5 Å². The second kappa shape index (κ2) is 22.2. The number of phenols is 1. The molecule has 5 aromatic carbocycles. The van der Waals surface area contributed by atoms with Crippen LogP contribution in [0.2, 0.25) is 0 Å². The van der Waals surface area contributed by atoms with Crippen molar-refractivity contribution in [1.29, 1.82) is 0 Å². The van der Waals surface area contributed by atoms with Crippen LogP contribution < -0.4 is 31.3 Å². The van der Waals surface area contributed by atoms with Crippen molar-refractivity contribution >= 4 is 46.8 Å². The molecule has 14 nitrogen and oxygen atoms in total. The number of benzene rings is 5. The molecule has 5 atom stereocenters. The lowest BCUT2D eigenvalue weighted by atomic mass is 9.99. The molecule has 2 aliphatic heterocycles. The van der Waals surface area contributed by atoms with Gasteiger partial charge in [-0.15, -0.1) is 11.3 Å². The maximum atomic E-state index is 14.7. The van der Waals surface area contributed by atoms with Crippen molar-refractivity contribution in [2.45, 2.75) is 62.3 Å². The summed E-state index contributed by atoms with van der Waals surface area (Å²) in [6.45, 7) is -0.439. The smallest absolute Gasteiger partial charge is 0.326 e. The molecule has 5 amide bonds. The molecule has 2 bridgehead atoms. The van der Waals surface area contributed by atoms with E-state index in [0.29, 0.717) is 28.0 Å². The predicted octanol–water partition coefficient (Wildman–Crippen LogP) is 4.54. The fourth-order valence-electron chi connectivity index (χ4n) is 7.52. The van der Waals surface area contributed by atoms with Crippen molar-refractivity contribution < 1.29 is 43.7 Å². The Morgan fingerprint density at radius 3 is 1.79 bits per heavy atom. The van der Waals surface area contributed by atoms with Crippen molar-refractivity contribution in [2.75, 3.05) is 6.61 Å². The van der Waals surface area contributed by atoms with Gasteiger partial charge in [0.05, 0.1) is 0 Å². The highest BCUT2D eigenvalue weighted by Crippen LogP contribution is 2.21. The molecule has 3 heterocycles. The molecular formula is C51H49N5O9S. The number of phenolic OH excluding ortho intramolecular Hbond substituents is 1. The maximum absolute atomic E-state index is 14.7. The van der Waals surface area contributed by atoms with Gasteiger partial charge < -0.3 is 41.5 Å². The summed E-state index contributed by atoms with van der Waals surface area (Å²) in [4.78, 5) is 84.4. The molecule has 0 saturated carbocycles. The number of carboxylic acid groups (broad SMARTS) is 1. The first-order valence-corrected chi connectivity index (χ1v) is 22.3. The topological polar surface area (TPSA) is 212 Å². The number of aliphatic carboxylic acids is 1. The van der Waals surface area contributed by atoms with Crippen molar-refractivity contribution in [3.63, 3.8) is 0 Å². The van der Waals surface area contributed by atoms with Gasteiger partial charge in [0.25, 0.3) is 5.91 Å². The number of carboxylic acids is 1. The van der Waals surface area contributed by atoms with Crippen LogP contribution in [0, 0.1) is 0 Å². The lowest BCUT2D eigenvalue weighted by Crippen LogP contribution is -2.60. The highest BCUT2D eigenvalue weighted by molar-refractivity contribution is 7.09. The van der Waals surface area contributed by atoms with Gasteiger partial charge in [-0.3, -0.25) is 24.0 Å². The van der Waals surface area contributed by atoms with E-state index in [-0.39, 0.29) is 37.9 Å². The molecule has 15 heteroatoms. The van der Waals surface area contributed by atoms with Gasteiger partial charge in [-0.25, -0.2) is 4.79 Å². The summed E-state index contributed by atoms with van der Waals surface area (Å²) in [6.07, 6.45) is -0.0978. The molecule has 0 unspecified atom stereocenters. The molecule has 0 radical (unpaired) electrons. The van der Waals surface area contributed by atoms with E-state index >= 15 is 0 Å². The Morgan fingerprint density at radius 1 is 0.621 bits per heavy atom. The second-order valence-corrected chi connectivity index (χ2v) is 17.0. The Bertz CT molecular complexity index is 2590. The summed E-state index contributed by atoms with van der Waals surface area (Å²) >= 11 is 1.41. The SMILES string of the molecule is O=C1COc2ccc(cc2)C[C@@H](C(=O)N[C@@H](Cc2ccc(O)cc2)C(=O)O)NC(=O)[C@H](Cc2ccccc2)NC(=O)[C@@H](Cc2ccc(-c3ccccc3)cc2)NC(=O)[C@H](Cc2cccs2)N1. The van der Waals surface area contributed by atoms with E-state index < -0.39 is 72.3 Å². The number of thiophene rings is 1. The minimum Gasteiger partial charge on any atom is -0.508 e. The van der Waals surface area contributed by atoms with Crippen LogP contribution in [0.25, 0.3) is 11.1 Å². The molecule has 2 aliphatic rings. The number of hydrogen-bond acceptors (Lipinski definition) is 9. The molecule has 0 fully saturated rings. The fourth-order valence-corrected chi connectivity index (χ4v) is 8.27. The van der Waals surface area contributed by atoms with Crippen LogP contribution in [0.3, 0.4) is 0 Å². The third-order valence-electron chi connectivity index (χ3n) is 11.0. The molecule has 6 aromatic rings. The van der Waals surface area contributed by atoms with Crippen LogP contribution in [-0.4, -0.2) is 82.5 Å². The largest absolute Gasteiger partial charge is 0.508 e. The number of hydrogen-bond donors (Lipinski definition) is 7. The van der Waals surface area contributed by atoms with Crippen LogP contribution >= 0.6 is 11.3 Å². The standard InChI is InChI=1S/C51H49N5O9S/c57-38-21-15-34(16-22-38)29-45(51(63)64)56-49(61)43-28-35-17-23-39(24-18-35)65-31-46(58)52-44(30-40-12-7-25-66-40)50(62)55-42(27-33-13-19-37(20-14-33)36-10-5-2-6-11-36)48(60)53-41(47(59)54-43)26-32-8-3-1-4-9-32/h1-25,41-45,57H,26-31H2,(H,52,58)(H,53,60)(H,54,59)(H,55,62)(H,56,61)(H,63,64)/t41-,42+,43-,44-,45-/m0/s1. The van der Waals surface area contributed by atoms with Crippen LogP contribution in [0.5, 0.6) is 11.5 Å². The monoisotopic (exact) mass is 907 g/mol. The highest BCUT2D eigenvalue weighted by atomic mass is 32.1. The summed E-state index contributed by atoms with van der Waals surface area (Å²) in [5.41, 5.74) is 4.41. The maximum Gasteiger partial charge on any atom is 0.326 e. The van der Waals surface area contributed by atoms with E-state index in [4.69, 9.17) is 4.74 Å². The van der Waals surface area contributed by atoms with Crippen LogP contribution in [0.1, 0.15) is 27.1 Å². The molecule has 8 rings (SSSR count). The van der Waals surface area contributed by atoms with Gasteiger partial charge in [-0.05, 0) is 69.1 Å². The van der Waals surface area contributed by atoms with E-state index in [2.05, 4.69) is 26.6 Å². The third-order valence-corrected chi connectivity index (χ3v) is 11.9. The van der Waals surface area contributed by atoms with Gasteiger partial charge in [-0.1, -0.05) is 115 Å². The number of fused-ring (bicyclic) bond motifs is 16. The Balaban J connectivity index is 1.22. The summed E-state index contributed by atoms with van der Waals surface area (Å²) < 4.78 is 5.78. The molecular weight excluding hydrogens is 859 g/mol. The second-order valence-electron chi connectivity index (χ2n) is 16.0. The summed E-state index contributed by atoms with van der Waals surface area (Å²) in [7, 11) is 0. The van der Waals surface area contributed by atoms with Gasteiger partial charge in [0.2, 0.25) is 23.6 Å². The van der Waals surface area contributed by atoms with Gasteiger partial charge >= 0.3 is 5.97 Å². The number of rotatable bonds is 12. The molecule has 338 valence electrons. The quantitative estimate of drug-likeness (QED) is 0.0859. The van der Waals surface area contributed by atoms with Crippen molar-refractivity contribution in [3.05, 3.63) is 178 Å². The normalized spacial score (nSPS) is 18.7. The molecule has 0 saturated heterocycles. The minimum atomic E-state index is -1.41. The number of carbonyl (C=O) groups is 6. The molecule has 1 aromatic heterocycles. The fraction of sp³-hybridized carbons (Fsp3) is 0.216. The van der Waals surface area contributed by atoms with Crippen molar-refractivity contribution in [3.8, 4) is 22.6 Å². The van der Waals surface area contributed by atoms with Gasteiger partial charge in [0.1, 0.15) is 41.7 Å². The van der Waals surface area contributed by atoms with Gasteiger partial charge in [0.15, 0.2) is 6.61 Å². The first-order chi connectivity index (χ1) is 31.9. The van der Waals surface area contributed by atoms with Crippen LogP contribution in [0.15, 0.2) is 151 Å². The molecule has 7 N–H and O–H groups in total. The zero-order valence-corrected chi connectivity index (χ0v) is 36.5. The summed E-state index contributed by atoms with van der Waals surface area (Å²) in [5, 5.41) is 35.6. The lowest BCUT2D eigenvalue weighted by molar-refractivity contribution is -0.142. The number of carbonyl (C=O) groups excluding carboxylic acids is 5. The Kier molecular flexibility index (Phi) is 15.6. The zero-order chi connectivity index (χ0) is 46.4. The number of ether oxygens (including phenoxy) is 1. The summed E-state index contributed by atoms with van der Waals surface area (Å²) in [6, 6.07) is 35.9. The Hall–Kier alpha value is -7.78. The first kappa shape index (κ1) is 46.2. The average Bonchev–Trinajstić information content (AvgIpc) is 3.84. The Morgan fingerprint density at radius 2 is 1.18 bits per heavy atom. The van der Waals surface area contributed by atoms with Crippen LogP contribution in [0.4, 0.5) is 0 Å². The van der Waals surface area contributed by atoms with Crippen LogP contribution in [-0.2, 0) is 60.9 Å². The van der Waals surface area contributed by atoms with Gasteiger partial charge in [0, 0.05) is 37.0 Å². The number of aromatic hydroxyl groups is 1. The Labute approximate surface area is 385 Å². The van der Waals surface area contributed by atoms with Crippen molar-refractivity contribution in [2.24, 2.45) is 0 Å².